The largest absolute Gasteiger partial charge is 0.270 e. The number of nitro groups is 1. The number of nitro benzene ring substituents is 1. The molecular formula is C22H27N3O4. The van der Waals surface area contributed by atoms with Crippen LogP contribution in [0.5, 0.6) is 0 Å². The highest BCUT2D eigenvalue weighted by atomic mass is 16.6. The maximum Gasteiger partial charge on any atom is 0.270 e. The van der Waals surface area contributed by atoms with Crippen LogP contribution in [0, 0.1) is 10.1 Å². The van der Waals surface area contributed by atoms with Crippen molar-refractivity contribution in [2.24, 2.45) is 0 Å². The van der Waals surface area contributed by atoms with E-state index < -0.39 is 16.7 Å². The third-order valence-corrected chi connectivity index (χ3v) is 4.54. The number of non-ortho nitro benzene ring substituents is 1. The van der Waals surface area contributed by atoms with E-state index in [0.717, 1.165) is 17.2 Å². The quantitative estimate of drug-likeness (QED) is 0.597. The van der Waals surface area contributed by atoms with Gasteiger partial charge in [0.2, 0.25) is 0 Å². The zero-order valence-corrected chi connectivity index (χ0v) is 17.6. The molecule has 2 rings (SSSR count). The Morgan fingerprint density at radius 2 is 1.28 bits per heavy atom. The summed E-state index contributed by atoms with van der Waals surface area (Å²) in [5.74, 6) is -1.09. The molecule has 0 radical (unpaired) electrons. The number of carbonyl (C=O) groups is 2. The van der Waals surface area contributed by atoms with Crippen molar-refractivity contribution in [1.29, 1.82) is 0 Å². The average molecular weight is 397 g/mol. The lowest BCUT2D eigenvalue weighted by Gasteiger charge is -2.26. The number of benzene rings is 2. The van der Waals surface area contributed by atoms with Gasteiger partial charge < -0.3 is 0 Å². The monoisotopic (exact) mass is 397 g/mol. The number of hydrogen-bond donors (Lipinski definition) is 2. The minimum Gasteiger partial charge on any atom is -0.267 e. The van der Waals surface area contributed by atoms with Crippen molar-refractivity contribution in [1.82, 2.24) is 10.9 Å². The van der Waals surface area contributed by atoms with E-state index in [2.05, 4.69) is 58.5 Å². The second-order valence-electron chi connectivity index (χ2n) is 9.01. The van der Waals surface area contributed by atoms with Crippen LogP contribution in [-0.4, -0.2) is 16.7 Å². The van der Waals surface area contributed by atoms with Crippen LogP contribution in [0.25, 0.3) is 0 Å². The summed E-state index contributed by atoms with van der Waals surface area (Å²) in [5, 5.41) is 10.9. The summed E-state index contributed by atoms with van der Waals surface area (Å²) in [6, 6.07) is 11.0. The Morgan fingerprint density at radius 1 is 0.793 bits per heavy atom. The highest BCUT2D eigenvalue weighted by Gasteiger charge is 2.22. The molecule has 2 N–H and O–H groups in total. The first kappa shape index (κ1) is 22.1. The fraction of sp³-hybridized carbons (Fsp3) is 0.364. The van der Waals surface area contributed by atoms with Gasteiger partial charge in [0.1, 0.15) is 0 Å². The average Bonchev–Trinajstić information content (AvgIpc) is 2.64. The molecule has 2 aromatic carbocycles. The summed E-state index contributed by atoms with van der Waals surface area (Å²) in [7, 11) is 0. The summed E-state index contributed by atoms with van der Waals surface area (Å²) in [4.78, 5) is 35.2. The molecule has 0 aliphatic heterocycles. The van der Waals surface area contributed by atoms with E-state index in [9.17, 15) is 19.7 Å². The summed E-state index contributed by atoms with van der Waals surface area (Å²) >= 11 is 0. The van der Waals surface area contributed by atoms with Crippen LogP contribution in [0.3, 0.4) is 0 Å². The van der Waals surface area contributed by atoms with Crippen molar-refractivity contribution in [2.75, 3.05) is 0 Å². The molecule has 7 nitrogen and oxygen atoms in total. The smallest absolute Gasteiger partial charge is 0.267 e. The number of nitrogens with one attached hydrogen (secondary N) is 2. The Hall–Kier alpha value is -3.22. The normalized spacial score (nSPS) is 11.7. The molecule has 0 aliphatic rings. The van der Waals surface area contributed by atoms with Crippen molar-refractivity contribution in [2.45, 2.75) is 52.4 Å². The first-order chi connectivity index (χ1) is 13.3. The molecule has 0 saturated carbocycles. The third kappa shape index (κ3) is 5.63. The number of hydrogen-bond acceptors (Lipinski definition) is 4. The lowest BCUT2D eigenvalue weighted by Crippen LogP contribution is -2.41. The highest BCUT2D eigenvalue weighted by molar-refractivity contribution is 5.99. The number of carbonyl (C=O) groups excluding carboxylic acids is 2. The van der Waals surface area contributed by atoms with Gasteiger partial charge >= 0.3 is 0 Å². The first-order valence-corrected chi connectivity index (χ1v) is 9.30. The van der Waals surface area contributed by atoms with Gasteiger partial charge in [0.25, 0.3) is 17.5 Å². The molecular weight excluding hydrogens is 370 g/mol. The highest BCUT2D eigenvalue weighted by Crippen LogP contribution is 2.30. The lowest BCUT2D eigenvalue weighted by molar-refractivity contribution is -0.384. The van der Waals surface area contributed by atoms with E-state index in [1.807, 2.05) is 12.1 Å². The van der Waals surface area contributed by atoms with E-state index in [1.165, 1.54) is 18.2 Å². The molecule has 0 aromatic heterocycles. The number of rotatable bonds is 3. The van der Waals surface area contributed by atoms with Crippen molar-refractivity contribution in [3.8, 4) is 0 Å². The summed E-state index contributed by atoms with van der Waals surface area (Å²) in [6.07, 6.45) is 0. The maximum atomic E-state index is 12.7. The second-order valence-corrected chi connectivity index (χ2v) is 9.01. The van der Waals surface area contributed by atoms with Gasteiger partial charge in [0.15, 0.2) is 0 Å². The molecule has 0 heterocycles. The number of hydrazine groups is 1. The Balaban J connectivity index is 2.23. The van der Waals surface area contributed by atoms with E-state index in [1.54, 1.807) is 0 Å². The van der Waals surface area contributed by atoms with E-state index in [0.29, 0.717) is 5.56 Å². The molecule has 0 fully saturated rings. The molecule has 2 aromatic rings. The third-order valence-electron chi connectivity index (χ3n) is 4.54. The van der Waals surface area contributed by atoms with Crippen LogP contribution in [0.2, 0.25) is 0 Å². The van der Waals surface area contributed by atoms with E-state index >= 15 is 0 Å². The van der Waals surface area contributed by atoms with Gasteiger partial charge in [-0.2, -0.15) is 0 Å². The fourth-order valence-electron chi connectivity index (χ4n) is 2.64. The minimum atomic E-state index is -0.634. The first-order valence-electron chi connectivity index (χ1n) is 9.30. The second kappa shape index (κ2) is 8.03. The standard InChI is InChI=1S/C22H27N3O4/c1-21(2,3)16-10-15(11-17(13-16)22(4,5)6)20(27)24-23-19(26)14-8-7-9-18(12-14)25(28)29/h7-13H,1-6H3,(H,23,26)(H,24,27). The topological polar surface area (TPSA) is 101 Å². The number of nitrogens with zero attached hydrogens (tertiary/aromatic N) is 1. The van der Waals surface area contributed by atoms with Crippen molar-refractivity contribution < 1.29 is 14.5 Å². The van der Waals surface area contributed by atoms with Crippen LogP contribution >= 0.6 is 0 Å². The molecule has 0 spiro atoms. The molecule has 0 saturated heterocycles. The fourth-order valence-corrected chi connectivity index (χ4v) is 2.64. The van der Waals surface area contributed by atoms with Gasteiger partial charge in [-0.3, -0.25) is 30.6 Å². The van der Waals surface area contributed by atoms with Crippen LogP contribution in [0.15, 0.2) is 42.5 Å². The lowest BCUT2D eigenvalue weighted by atomic mass is 9.79. The number of amides is 2. The summed E-state index contributed by atoms with van der Waals surface area (Å²) < 4.78 is 0. The Morgan fingerprint density at radius 3 is 1.72 bits per heavy atom. The SMILES string of the molecule is CC(C)(C)c1cc(C(=O)NNC(=O)c2cccc([N+](=O)[O-])c2)cc(C(C)(C)C)c1. The summed E-state index contributed by atoms with van der Waals surface area (Å²) in [6.45, 7) is 12.4. The predicted molar refractivity (Wildman–Crippen MR) is 112 cm³/mol. The van der Waals surface area contributed by atoms with Gasteiger partial charge in [-0.25, -0.2) is 0 Å². The van der Waals surface area contributed by atoms with Crippen LogP contribution in [0.1, 0.15) is 73.4 Å². The zero-order chi connectivity index (χ0) is 22.0. The van der Waals surface area contributed by atoms with E-state index in [-0.39, 0.29) is 22.1 Å². The maximum absolute atomic E-state index is 12.7. The van der Waals surface area contributed by atoms with Crippen LogP contribution in [0.4, 0.5) is 5.69 Å². The van der Waals surface area contributed by atoms with Gasteiger partial charge in [-0.05, 0) is 40.2 Å². The summed E-state index contributed by atoms with van der Waals surface area (Å²) in [5.41, 5.74) is 6.76. The van der Waals surface area contributed by atoms with Gasteiger partial charge in [-0.15, -0.1) is 0 Å². The van der Waals surface area contributed by atoms with Gasteiger partial charge in [0, 0.05) is 23.3 Å². The van der Waals surface area contributed by atoms with Crippen molar-refractivity contribution >= 4 is 17.5 Å². The molecule has 0 bridgehead atoms. The molecule has 154 valence electrons. The molecule has 0 unspecified atom stereocenters. The Kier molecular flexibility index (Phi) is 6.11. The van der Waals surface area contributed by atoms with Crippen LogP contribution in [-0.2, 0) is 10.8 Å². The predicted octanol–water partition coefficient (Wildman–Crippen LogP) is 4.26. The molecule has 0 atom stereocenters. The molecule has 7 heteroatoms. The zero-order valence-electron chi connectivity index (χ0n) is 17.6. The van der Waals surface area contributed by atoms with Crippen molar-refractivity contribution in [3.63, 3.8) is 0 Å². The van der Waals surface area contributed by atoms with E-state index in [4.69, 9.17) is 0 Å². The van der Waals surface area contributed by atoms with Crippen molar-refractivity contribution in [3.05, 3.63) is 74.8 Å². The molecule has 2 amide bonds. The minimum absolute atomic E-state index is 0.0818. The molecule has 29 heavy (non-hydrogen) atoms. The van der Waals surface area contributed by atoms with Gasteiger partial charge in [0.05, 0.1) is 4.92 Å². The Bertz CT molecular complexity index is 921. The molecule has 0 aliphatic carbocycles. The van der Waals surface area contributed by atoms with Crippen LogP contribution < -0.4 is 10.9 Å². The van der Waals surface area contributed by atoms with Gasteiger partial charge in [-0.1, -0.05) is 53.7 Å². The Labute approximate surface area is 170 Å².